The van der Waals surface area contributed by atoms with E-state index in [4.69, 9.17) is 9.47 Å². The molecular formula is C33H43N2O4Ru. The summed E-state index contributed by atoms with van der Waals surface area (Å²) in [6, 6.07) is 11.6. The minimum atomic E-state index is -0.531. The summed E-state index contributed by atoms with van der Waals surface area (Å²) in [4.78, 5) is 29.3. The van der Waals surface area contributed by atoms with Gasteiger partial charge in [-0.3, -0.25) is 4.79 Å². The molecule has 0 saturated carbocycles. The molecule has 40 heavy (non-hydrogen) atoms. The number of piperidine rings is 1. The third kappa shape index (κ3) is 6.00. The van der Waals surface area contributed by atoms with Crippen molar-refractivity contribution in [2.75, 3.05) is 26.2 Å². The molecule has 7 heteroatoms. The zero-order chi connectivity index (χ0) is 28.7. The zero-order valence-electron chi connectivity index (χ0n) is 25.4. The second-order valence-corrected chi connectivity index (χ2v) is 11.8. The Labute approximate surface area is 252 Å². The maximum Gasteiger partial charge on any atom is 1.00 e. The molecule has 1 saturated heterocycles. The molecule has 0 atom stereocenters. The molecule has 6 nitrogen and oxygen atoms in total. The fourth-order valence-electron chi connectivity index (χ4n) is 5.66. The first-order valence-corrected chi connectivity index (χ1v) is 14.1. The molecule has 4 rings (SSSR count). The molecule has 2 amide bonds. The van der Waals surface area contributed by atoms with Crippen molar-refractivity contribution in [2.24, 2.45) is 0 Å². The Morgan fingerprint density at radius 3 is 2.10 bits per heavy atom. The van der Waals surface area contributed by atoms with Crippen molar-refractivity contribution >= 4 is 17.6 Å². The van der Waals surface area contributed by atoms with E-state index in [0.29, 0.717) is 44.6 Å². The van der Waals surface area contributed by atoms with Crippen molar-refractivity contribution in [1.82, 2.24) is 9.80 Å². The summed E-state index contributed by atoms with van der Waals surface area (Å²) in [6.07, 6.45) is 1.07. The van der Waals surface area contributed by atoms with Gasteiger partial charge in [-0.15, -0.1) is 22.8 Å². The Morgan fingerprint density at radius 2 is 1.57 bits per heavy atom. The summed E-state index contributed by atoms with van der Waals surface area (Å²) < 4.78 is 12.5. The molecule has 0 unspecified atom stereocenters. The molecule has 2 aliphatic rings. The summed E-state index contributed by atoms with van der Waals surface area (Å²) >= 11 is 0. The van der Waals surface area contributed by atoms with E-state index in [0.717, 1.165) is 39.1 Å². The third-order valence-electron chi connectivity index (χ3n) is 8.31. The van der Waals surface area contributed by atoms with Gasteiger partial charge in [-0.05, 0) is 53.7 Å². The van der Waals surface area contributed by atoms with Crippen molar-refractivity contribution in [3.63, 3.8) is 0 Å². The fraction of sp³-hybridized carbons (Fsp3) is 0.515. The standard InChI is InChI=1S/C33H43N2O4.Ru/c1-10-34(11-2)30(36)26-14-12-25(13-15-26)28-24(6)33(38-29-23(5)22(4)21(3)20-27(28)29)16-18-35(19-17-33)31(37)39-32(7,8)9;/h12-15H,10-11,16-19H2,1-9H3;/q-1;+1. The van der Waals surface area contributed by atoms with E-state index in [1.165, 1.54) is 5.56 Å². The van der Waals surface area contributed by atoms with Crippen molar-refractivity contribution < 1.29 is 38.5 Å². The zero-order valence-corrected chi connectivity index (χ0v) is 27.2. The molecule has 0 aliphatic carbocycles. The van der Waals surface area contributed by atoms with Crippen LogP contribution in [0, 0.1) is 26.8 Å². The van der Waals surface area contributed by atoms with Gasteiger partial charge in [0.05, 0.1) is 0 Å². The molecule has 0 bridgehead atoms. The predicted molar refractivity (Wildman–Crippen MR) is 155 cm³/mol. The number of aryl methyl sites for hydroxylation is 1. The second kappa shape index (κ2) is 12.1. The average Bonchev–Trinajstić information content (AvgIpc) is 2.89. The normalized spacial score (nSPS) is 16.2. The topological polar surface area (TPSA) is 59.1 Å². The van der Waals surface area contributed by atoms with Crippen LogP contribution < -0.4 is 4.74 Å². The molecule has 1 fully saturated rings. The van der Waals surface area contributed by atoms with Crippen LogP contribution in [0.5, 0.6) is 5.75 Å². The average molecular weight is 633 g/mol. The number of hydrogen-bond acceptors (Lipinski definition) is 4. The first-order chi connectivity index (χ1) is 18.3. The van der Waals surface area contributed by atoms with Gasteiger partial charge in [0, 0.05) is 50.3 Å². The van der Waals surface area contributed by atoms with E-state index in [-0.39, 0.29) is 31.5 Å². The number of fused-ring (bicyclic) bond motifs is 1. The number of ether oxygens (including phenoxy) is 2. The van der Waals surface area contributed by atoms with Gasteiger partial charge in [0.2, 0.25) is 0 Å². The summed E-state index contributed by atoms with van der Waals surface area (Å²) in [6.45, 7) is 20.6. The minimum Gasteiger partial charge on any atom is -0.528 e. The number of likely N-dealkylation sites (tertiary alicyclic amines) is 1. The molecule has 2 aromatic carbocycles. The van der Waals surface area contributed by atoms with Crippen LogP contribution in [0.1, 0.15) is 92.6 Å². The van der Waals surface area contributed by atoms with Crippen LogP contribution in [0.2, 0.25) is 0 Å². The van der Waals surface area contributed by atoms with Gasteiger partial charge in [0.15, 0.2) is 0 Å². The van der Waals surface area contributed by atoms with Crippen LogP contribution in [-0.2, 0) is 24.2 Å². The van der Waals surface area contributed by atoms with Gasteiger partial charge in [-0.25, -0.2) is 4.79 Å². The van der Waals surface area contributed by atoms with Crippen molar-refractivity contribution in [2.45, 2.75) is 86.4 Å². The Morgan fingerprint density at radius 1 is 1.00 bits per heavy atom. The predicted octanol–water partition coefficient (Wildman–Crippen LogP) is 6.88. The Bertz CT molecular complexity index is 1300. The van der Waals surface area contributed by atoms with Crippen LogP contribution in [0.4, 0.5) is 4.79 Å². The summed E-state index contributed by atoms with van der Waals surface area (Å²) in [5.74, 6) is 0.914. The Kier molecular flexibility index (Phi) is 9.61. The number of hydrogen-bond donors (Lipinski definition) is 0. The molecule has 0 N–H and O–H groups in total. The van der Waals surface area contributed by atoms with E-state index in [1.54, 1.807) is 4.90 Å². The van der Waals surface area contributed by atoms with Crippen molar-refractivity contribution in [3.05, 3.63) is 69.3 Å². The van der Waals surface area contributed by atoms with Gasteiger partial charge in [0.25, 0.3) is 5.91 Å². The Hall–Kier alpha value is -2.66. The number of amides is 2. The van der Waals surface area contributed by atoms with E-state index in [1.807, 2.05) is 63.8 Å². The summed E-state index contributed by atoms with van der Waals surface area (Å²) in [7, 11) is 0. The second-order valence-electron chi connectivity index (χ2n) is 11.8. The van der Waals surface area contributed by atoms with Gasteiger partial charge in [-0.2, -0.15) is 0 Å². The first-order valence-electron chi connectivity index (χ1n) is 14.1. The van der Waals surface area contributed by atoms with Crippen LogP contribution in [0.3, 0.4) is 0 Å². The summed E-state index contributed by atoms with van der Waals surface area (Å²) in [5, 5.41) is 0. The van der Waals surface area contributed by atoms with E-state index in [2.05, 4.69) is 33.8 Å². The molecule has 2 aliphatic heterocycles. The smallest absolute Gasteiger partial charge is 0.528 e. The first kappa shape index (κ1) is 31.9. The maximum absolute atomic E-state index is 12.9. The van der Waals surface area contributed by atoms with E-state index in [9.17, 15) is 9.59 Å². The van der Waals surface area contributed by atoms with E-state index < -0.39 is 11.2 Å². The van der Waals surface area contributed by atoms with Crippen LogP contribution in [-0.4, -0.2) is 59.2 Å². The molecule has 217 valence electrons. The molecular weight excluding hydrogens is 589 g/mol. The van der Waals surface area contributed by atoms with Crippen molar-refractivity contribution in [1.29, 1.82) is 0 Å². The fourth-order valence-corrected chi connectivity index (χ4v) is 5.66. The van der Waals surface area contributed by atoms with Crippen LogP contribution in [0.25, 0.3) is 5.57 Å². The van der Waals surface area contributed by atoms with Crippen LogP contribution in [0.15, 0.2) is 29.8 Å². The van der Waals surface area contributed by atoms with Gasteiger partial charge >= 0.3 is 25.6 Å². The monoisotopic (exact) mass is 633 g/mol. The molecule has 0 aromatic heterocycles. The number of rotatable bonds is 4. The van der Waals surface area contributed by atoms with E-state index >= 15 is 0 Å². The van der Waals surface area contributed by atoms with Gasteiger partial charge < -0.3 is 19.3 Å². The van der Waals surface area contributed by atoms with Gasteiger partial charge in [-0.1, -0.05) is 55.2 Å². The number of benzene rings is 2. The Balaban J connectivity index is 0.00000441. The third-order valence-corrected chi connectivity index (χ3v) is 8.31. The number of carbonyl (C=O) groups is 2. The molecule has 1 radical (unpaired) electrons. The number of carbonyl (C=O) groups excluding carboxylic acids is 2. The SMILES string of the molecule is CCN(CC)C(=O)c1ccc(C2=C(C)C3(CCN(C(=O)OC(C)(C)C)CC3)Oc3c2[c-]c(C)c(C)c3C)cc1.[Ru+]. The minimum absolute atomic E-state index is 0. The van der Waals surface area contributed by atoms with Crippen molar-refractivity contribution in [3.8, 4) is 5.75 Å². The molecule has 1 spiro atoms. The summed E-state index contributed by atoms with van der Waals surface area (Å²) in [5.41, 5.74) is 7.28. The maximum atomic E-state index is 12.9. The molecule has 2 heterocycles. The quantitative estimate of drug-likeness (QED) is 0.273. The molecule has 2 aromatic rings. The number of nitrogens with zero attached hydrogens (tertiary/aromatic N) is 2. The van der Waals surface area contributed by atoms with Gasteiger partial charge in [0.1, 0.15) is 11.2 Å². The van der Waals surface area contributed by atoms with Crippen LogP contribution >= 0.6 is 0 Å². The largest absolute Gasteiger partial charge is 1.00 e.